The van der Waals surface area contributed by atoms with E-state index >= 15 is 0 Å². The van der Waals surface area contributed by atoms with Crippen LogP contribution >= 0.6 is 0 Å². The van der Waals surface area contributed by atoms with Gasteiger partial charge in [-0.3, -0.25) is 0 Å². The molecule has 0 amide bonds. The summed E-state index contributed by atoms with van der Waals surface area (Å²) in [4.78, 5) is 0.387. The van der Waals surface area contributed by atoms with Crippen LogP contribution in [0, 0.1) is 5.92 Å². The molecule has 1 aliphatic carbocycles. The molecule has 1 aromatic rings. The minimum atomic E-state index is -3.54. The Balaban J connectivity index is 2.35. The van der Waals surface area contributed by atoms with Crippen LogP contribution in [0.15, 0.2) is 29.2 Å². The third-order valence-corrected chi connectivity index (χ3v) is 6.45. The second-order valence-corrected chi connectivity index (χ2v) is 7.72. The number of aryl methyl sites for hydroxylation is 1. The maximum atomic E-state index is 12.8. The lowest BCUT2D eigenvalue weighted by Gasteiger charge is -2.42. The molecule has 4 nitrogen and oxygen atoms in total. The molecule has 3 N–H and O–H groups in total. The van der Waals surface area contributed by atoms with Gasteiger partial charge in [0.1, 0.15) is 0 Å². The number of rotatable bonds is 5. The van der Waals surface area contributed by atoms with E-state index in [-0.39, 0.29) is 5.92 Å². The van der Waals surface area contributed by atoms with Crippen molar-refractivity contribution in [3.63, 3.8) is 0 Å². The summed E-state index contributed by atoms with van der Waals surface area (Å²) < 4.78 is 28.6. The topological polar surface area (TPSA) is 72.2 Å². The summed E-state index contributed by atoms with van der Waals surface area (Å²) in [5.41, 5.74) is 6.30. The van der Waals surface area contributed by atoms with Gasteiger partial charge in [-0.15, -0.1) is 0 Å². The average molecular weight is 310 g/mol. The van der Waals surface area contributed by atoms with Crippen molar-refractivity contribution in [1.82, 2.24) is 4.72 Å². The molecule has 0 aliphatic heterocycles. The molecule has 1 aliphatic rings. The van der Waals surface area contributed by atoms with E-state index in [2.05, 4.69) is 11.6 Å². The maximum absolute atomic E-state index is 12.8. The van der Waals surface area contributed by atoms with Crippen LogP contribution in [-0.2, 0) is 16.4 Å². The summed E-state index contributed by atoms with van der Waals surface area (Å²) in [6.45, 7) is 4.41. The molecule has 5 heteroatoms. The van der Waals surface area contributed by atoms with Gasteiger partial charge in [0, 0.05) is 12.1 Å². The second-order valence-electron chi connectivity index (χ2n) is 6.07. The zero-order valence-electron chi connectivity index (χ0n) is 12.9. The summed E-state index contributed by atoms with van der Waals surface area (Å²) in [5, 5.41) is 0. The fourth-order valence-corrected chi connectivity index (χ4v) is 5.14. The van der Waals surface area contributed by atoms with Crippen molar-refractivity contribution in [3.8, 4) is 0 Å². The smallest absolute Gasteiger partial charge is 0.241 e. The lowest BCUT2D eigenvalue weighted by Crippen LogP contribution is -2.59. The van der Waals surface area contributed by atoms with Crippen molar-refractivity contribution in [2.75, 3.05) is 6.54 Å². The molecule has 0 aromatic heterocycles. The van der Waals surface area contributed by atoms with Gasteiger partial charge in [-0.1, -0.05) is 44.9 Å². The van der Waals surface area contributed by atoms with Crippen LogP contribution in [0.3, 0.4) is 0 Å². The van der Waals surface area contributed by atoms with Crippen molar-refractivity contribution in [3.05, 3.63) is 29.8 Å². The average Bonchev–Trinajstić information content (AvgIpc) is 2.49. The molecule has 21 heavy (non-hydrogen) atoms. The van der Waals surface area contributed by atoms with Gasteiger partial charge in [0.15, 0.2) is 0 Å². The third kappa shape index (κ3) is 3.30. The van der Waals surface area contributed by atoms with Gasteiger partial charge < -0.3 is 5.73 Å². The highest BCUT2D eigenvalue weighted by Gasteiger charge is 2.40. The van der Waals surface area contributed by atoms with Crippen molar-refractivity contribution in [1.29, 1.82) is 0 Å². The molecule has 0 heterocycles. The fraction of sp³-hybridized carbons (Fsp3) is 0.625. The Kier molecular flexibility index (Phi) is 5.07. The van der Waals surface area contributed by atoms with E-state index in [0.717, 1.165) is 31.2 Å². The Morgan fingerprint density at radius 1 is 1.33 bits per heavy atom. The molecule has 0 bridgehead atoms. The van der Waals surface area contributed by atoms with E-state index in [4.69, 9.17) is 5.73 Å². The lowest BCUT2D eigenvalue weighted by molar-refractivity contribution is 0.191. The number of benzene rings is 1. The quantitative estimate of drug-likeness (QED) is 0.877. The first-order chi connectivity index (χ1) is 9.95. The highest BCUT2D eigenvalue weighted by molar-refractivity contribution is 7.89. The van der Waals surface area contributed by atoms with Crippen molar-refractivity contribution < 1.29 is 8.42 Å². The Hall–Kier alpha value is -0.910. The molecule has 2 unspecified atom stereocenters. The number of hydrogen-bond donors (Lipinski definition) is 2. The van der Waals surface area contributed by atoms with Crippen LogP contribution in [0.1, 0.15) is 45.1 Å². The molecule has 0 radical (unpaired) electrons. The predicted octanol–water partition coefficient (Wildman–Crippen LogP) is 2.43. The molecule has 1 aromatic carbocycles. The monoisotopic (exact) mass is 310 g/mol. The van der Waals surface area contributed by atoms with Crippen LogP contribution in [0.25, 0.3) is 0 Å². The van der Waals surface area contributed by atoms with E-state index in [9.17, 15) is 8.42 Å². The molecular weight excluding hydrogens is 284 g/mol. The molecule has 2 rings (SSSR count). The summed E-state index contributed by atoms with van der Waals surface area (Å²) in [5.74, 6) is 0.264. The van der Waals surface area contributed by atoms with Gasteiger partial charge in [-0.2, -0.15) is 0 Å². The van der Waals surface area contributed by atoms with Gasteiger partial charge >= 0.3 is 0 Å². The highest BCUT2D eigenvalue weighted by Crippen LogP contribution is 2.34. The largest absolute Gasteiger partial charge is 0.329 e. The standard InChI is InChI=1S/C16H26N2O2S/c1-3-14-9-4-5-10-15(14)21(19,20)18-16(12-17)11-7-6-8-13(16)2/h4-5,9-10,13,18H,3,6-8,11-12,17H2,1-2H3. The van der Waals surface area contributed by atoms with Gasteiger partial charge in [0.2, 0.25) is 10.0 Å². The fourth-order valence-electron chi connectivity index (χ4n) is 3.29. The first-order valence-electron chi connectivity index (χ1n) is 7.77. The van der Waals surface area contributed by atoms with Gasteiger partial charge in [0.05, 0.1) is 4.90 Å². The van der Waals surface area contributed by atoms with Crippen LogP contribution in [0.5, 0.6) is 0 Å². The van der Waals surface area contributed by atoms with Gasteiger partial charge in [0.25, 0.3) is 0 Å². The third-order valence-electron chi connectivity index (χ3n) is 4.80. The van der Waals surface area contributed by atoms with E-state index in [1.807, 2.05) is 19.1 Å². The first-order valence-corrected chi connectivity index (χ1v) is 9.25. The number of hydrogen-bond acceptors (Lipinski definition) is 3. The summed E-state index contributed by atoms with van der Waals surface area (Å²) in [6.07, 6.45) is 4.71. The minimum Gasteiger partial charge on any atom is -0.329 e. The van der Waals surface area contributed by atoms with E-state index in [0.29, 0.717) is 17.9 Å². The zero-order chi connectivity index (χ0) is 15.5. The Labute approximate surface area is 128 Å². The highest BCUT2D eigenvalue weighted by atomic mass is 32.2. The van der Waals surface area contributed by atoms with Crippen LogP contribution in [0.4, 0.5) is 0 Å². The lowest BCUT2D eigenvalue weighted by atomic mass is 9.74. The van der Waals surface area contributed by atoms with Crippen molar-refractivity contribution in [2.24, 2.45) is 11.7 Å². The van der Waals surface area contributed by atoms with Crippen LogP contribution in [0.2, 0.25) is 0 Å². The molecule has 1 saturated carbocycles. The maximum Gasteiger partial charge on any atom is 0.241 e. The van der Waals surface area contributed by atoms with E-state index < -0.39 is 15.6 Å². The Morgan fingerprint density at radius 3 is 2.67 bits per heavy atom. The molecule has 1 fully saturated rings. The molecule has 2 atom stereocenters. The number of sulfonamides is 1. The summed E-state index contributed by atoms with van der Waals surface area (Å²) >= 11 is 0. The van der Waals surface area contributed by atoms with Crippen molar-refractivity contribution >= 4 is 10.0 Å². The molecule has 118 valence electrons. The first kappa shape index (κ1) is 16.5. The second kappa shape index (κ2) is 6.46. The molecule has 0 spiro atoms. The zero-order valence-corrected chi connectivity index (χ0v) is 13.7. The van der Waals surface area contributed by atoms with E-state index in [1.54, 1.807) is 12.1 Å². The normalized spacial score (nSPS) is 26.7. The number of nitrogens with two attached hydrogens (primary N) is 1. The van der Waals surface area contributed by atoms with Gasteiger partial charge in [-0.25, -0.2) is 13.1 Å². The number of nitrogens with one attached hydrogen (secondary N) is 1. The van der Waals surface area contributed by atoms with Gasteiger partial charge in [-0.05, 0) is 36.8 Å². The van der Waals surface area contributed by atoms with Crippen LogP contribution in [-0.4, -0.2) is 20.5 Å². The van der Waals surface area contributed by atoms with Crippen LogP contribution < -0.4 is 10.5 Å². The molecule has 0 saturated heterocycles. The Bertz CT molecular complexity index is 586. The SMILES string of the molecule is CCc1ccccc1S(=O)(=O)NC1(CN)CCCCC1C. The Morgan fingerprint density at radius 2 is 2.05 bits per heavy atom. The summed E-state index contributed by atoms with van der Waals surface area (Å²) in [7, 11) is -3.54. The van der Waals surface area contributed by atoms with E-state index in [1.165, 1.54) is 0 Å². The summed E-state index contributed by atoms with van der Waals surface area (Å²) in [6, 6.07) is 7.19. The molecular formula is C16H26N2O2S. The van der Waals surface area contributed by atoms with Crippen molar-refractivity contribution in [2.45, 2.75) is 56.4 Å². The minimum absolute atomic E-state index is 0.264. The predicted molar refractivity (Wildman–Crippen MR) is 85.6 cm³/mol.